The van der Waals surface area contributed by atoms with Crippen molar-refractivity contribution in [2.75, 3.05) is 33.8 Å². The molecule has 2 saturated carbocycles. The summed E-state index contributed by atoms with van der Waals surface area (Å²) in [5.41, 5.74) is 0.0823. The SMILES string of the molecule is COc1cccc([C@@]23CCN(CC4CC4)C[C@@]2(OC(C)=O)CC[C@H](N(C)C(=O)/C=C/c2cc(Br)cs2)C3)c1. The molecule has 0 bridgehead atoms. The Labute approximate surface area is 238 Å². The average molecular weight is 602 g/mol. The molecule has 5 rings (SSSR count). The number of halogens is 1. The second kappa shape index (κ2) is 11.1. The molecule has 3 aliphatic rings. The smallest absolute Gasteiger partial charge is 0.303 e. The third-order valence-corrected chi connectivity index (χ3v) is 10.4. The lowest BCUT2D eigenvalue weighted by molar-refractivity contribution is -0.190. The minimum atomic E-state index is -0.641. The third kappa shape index (κ3) is 5.58. The summed E-state index contributed by atoms with van der Waals surface area (Å²) in [4.78, 5) is 31.3. The molecule has 1 amide bonds. The first-order valence-electron chi connectivity index (χ1n) is 13.5. The van der Waals surface area contributed by atoms with Gasteiger partial charge in [-0.15, -0.1) is 11.3 Å². The normalized spacial score (nSPS) is 27.6. The number of thiophene rings is 1. The minimum Gasteiger partial charge on any atom is -0.497 e. The quantitative estimate of drug-likeness (QED) is 0.279. The molecule has 1 aromatic heterocycles. The van der Waals surface area contributed by atoms with Crippen LogP contribution < -0.4 is 4.74 Å². The van der Waals surface area contributed by atoms with Crippen molar-refractivity contribution in [2.24, 2.45) is 5.92 Å². The first kappa shape index (κ1) is 27.4. The van der Waals surface area contributed by atoms with Crippen LogP contribution in [0, 0.1) is 5.92 Å². The number of esters is 1. The highest BCUT2D eigenvalue weighted by Crippen LogP contribution is 2.55. The summed E-state index contributed by atoms with van der Waals surface area (Å²) < 4.78 is 13.0. The first-order valence-corrected chi connectivity index (χ1v) is 15.2. The van der Waals surface area contributed by atoms with Gasteiger partial charge in [-0.3, -0.25) is 14.5 Å². The van der Waals surface area contributed by atoms with Crippen molar-refractivity contribution in [3.63, 3.8) is 0 Å². The van der Waals surface area contributed by atoms with Gasteiger partial charge < -0.3 is 14.4 Å². The Kier molecular flexibility index (Phi) is 8.04. The van der Waals surface area contributed by atoms with E-state index >= 15 is 0 Å². The van der Waals surface area contributed by atoms with Crippen molar-refractivity contribution >= 4 is 45.2 Å². The van der Waals surface area contributed by atoms with Crippen molar-refractivity contribution < 1.29 is 19.1 Å². The topological polar surface area (TPSA) is 59.1 Å². The fraction of sp³-hybridized carbons (Fsp3) is 0.533. The number of hydrogen-bond acceptors (Lipinski definition) is 6. The summed E-state index contributed by atoms with van der Waals surface area (Å²) in [6.07, 6.45) is 9.26. The number of ether oxygens (including phenoxy) is 2. The fourth-order valence-electron chi connectivity index (χ4n) is 6.60. The van der Waals surface area contributed by atoms with Crippen molar-refractivity contribution in [2.45, 2.75) is 62.5 Å². The highest BCUT2D eigenvalue weighted by atomic mass is 79.9. The maximum Gasteiger partial charge on any atom is 0.303 e. The number of fused-ring (bicyclic) bond motifs is 1. The minimum absolute atomic E-state index is 0.00790. The molecule has 2 aliphatic carbocycles. The van der Waals surface area contributed by atoms with Crippen LogP contribution >= 0.6 is 27.3 Å². The molecule has 1 saturated heterocycles. The number of carbonyl (C=O) groups is 2. The van der Waals surface area contributed by atoms with Crippen LogP contribution in [-0.2, 0) is 19.7 Å². The van der Waals surface area contributed by atoms with Gasteiger partial charge in [0.2, 0.25) is 5.91 Å². The van der Waals surface area contributed by atoms with E-state index in [1.165, 1.54) is 19.8 Å². The number of rotatable bonds is 8. The number of likely N-dealkylation sites (N-methyl/N-ethyl adjacent to an activating group) is 1. The predicted molar refractivity (Wildman–Crippen MR) is 154 cm³/mol. The van der Waals surface area contributed by atoms with Crippen molar-refractivity contribution in [1.29, 1.82) is 0 Å². The lowest BCUT2D eigenvalue weighted by atomic mass is 9.55. The number of hydrogen-bond donors (Lipinski definition) is 0. The highest BCUT2D eigenvalue weighted by molar-refractivity contribution is 9.10. The van der Waals surface area contributed by atoms with Crippen LogP contribution in [0.25, 0.3) is 6.08 Å². The third-order valence-electron chi connectivity index (χ3n) is 8.72. The number of benzene rings is 1. The van der Waals surface area contributed by atoms with Crippen LogP contribution in [0.4, 0.5) is 0 Å². The van der Waals surface area contributed by atoms with E-state index in [2.05, 4.69) is 33.0 Å². The van der Waals surface area contributed by atoms with E-state index in [0.717, 1.165) is 71.9 Å². The molecule has 3 atom stereocenters. The first-order chi connectivity index (χ1) is 18.2. The van der Waals surface area contributed by atoms with Crippen LogP contribution in [0.2, 0.25) is 0 Å². The van der Waals surface area contributed by atoms with Crippen LogP contribution in [0.1, 0.15) is 55.9 Å². The van der Waals surface area contributed by atoms with Crippen LogP contribution in [-0.4, -0.2) is 67.1 Å². The van der Waals surface area contributed by atoms with Crippen molar-refractivity contribution in [3.8, 4) is 5.75 Å². The van der Waals surface area contributed by atoms with Crippen LogP contribution in [0.3, 0.4) is 0 Å². The second-order valence-electron chi connectivity index (χ2n) is 11.2. The van der Waals surface area contributed by atoms with Gasteiger partial charge in [-0.2, -0.15) is 0 Å². The summed E-state index contributed by atoms with van der Waals surface area (Å²) >= 11 is 5.08. The number of amides is 1. The van der Waals surface area contributed by atoms with Gasteiger partial charge in [-0.1, -0.05) is 12.1 Å². The molecule has 3 fully saturated rings. The number of likely N-dealkylation sites (tertiary alicyclic amines) is 1. The number of carbonyl (C=O) groups excluding carboxylic acids is 2. The van der Waals surface area contributed by atoms with E-state index in [-0.39, 0.29) is 17.9 Å². The van der Waals surface area contributed by atoms with Gasteiger partial charge in [0.15, 0.2) is 0 Å². The molecule has 0 radical (unpaired) electrons. The van der Waals surface area contributed by atoms with E-state index in [1.54, 1.807) is 24.5 Å². The molecule has 1 aliphatic heterocycles. The van der Waals surface area contributed by atoms with Gasteiger partial charge in [0.1, 0.15) is 11.4 Å². The Bertz CT molecular complexity index is 1210. The van der Waals surface area contributed by atoms with Crippen molar-refractivity contribution in [3.05, 3.63) is 56.7 Å². The number of methoxy groups -OCH3 is 1. The zero-order chi connectivity index (χ0) is 26.9. The molecule has 204 valence electrons. The molecule has 0 unspecified atom stereocenters. The lowest BCUT2D eigenvalue weighted by Crippen LogP contribution is -2.68. The molecule has 38 heavy (non-hydrogen) atoms. The molecule has 6 nitrogen and oxygen atoms in total. The zero-order valence-electron chi connectivity index (χ0n) is 22.5. The molecule has 1 aromatic carbocycles. The zero-order valence-corrected chi connectivity index (χ0v) is 24.9. The van der Waals surface area contributed by atoms with E-state index in [1.807, 2.05) is 41.6 Å². The Morgan fingerprint density at radius 1 is 1.24 bits per heavy atom. The standard InChI is InChI=1S/C30H37BrN2O4S/c1-21(34)37-30-12-11-25(32(2)28(35)10-9-27-16-24(31)19-38-27)17-29(30,23-5-4-6-26(15-23)36-3)13-14-33(20-30)18-22-7-8-22/h4-6,9-10,15-16,19,22,25H,7-8,11-14,17-18,20H2,1-3H3/b10-9+/t25-,29-,30-/m0/s1. The Morgan fingerprint density at radius 3 is 2.74 bits per heavy atom. The summed E-state index contributed by atoms with van der Waals surface area (Å²) in [6, 6.07) is 10.3. The maximum absolute atomic E-state index is 13.3. The molecular formula is C30H37BrN2O4S. The van der Waals surface area contributed by atoms with Gasteiger partial charge in [0, 0.05) is 59.3 Å². The molecule has 0 spiro atoms. The Morgan fingerprint density at radius 2 is 2.05 bits per heavy atom. The average Bonchev–Trinajstić information content (AvgIpc) is 3.63. The molecule has 2 heterocycles. The molecule has 2 aromatic rings. The van der Waals surface area contributed by atoms with E-state index < -0.39 is 11.0 Å². The fourth-order valence-corrected chi connectivity index (χ4v) is 7.94. The molecular weight excluding hydrogens is 564 g/mol. The van der Waals surface area contributed by atoms with Crippen LogP contribution in [0.15, 0.2) is 46.3 Å². The Balaban J connectivity index is 1.47. The lowest BCUT2D eigenvalue weighted by Gasteiger charge is -2.60. The summed E-state index contributed by atoms with van der Waals surface area (Å²) in [5, 5.41) is 2.01. The number of piperidine rings is 1. The molecule has 8 heteroatoms. The monoisotopic (exact) mass is 600 g/mol. The number of nitrogens with zero attached hydrogens (tertiary/aromatic N) is 2. The summed E-state index contributed by atoms with van der Waals surface area (Å²) in [5.74, 6) is 1.32. The summed E-state index contributed by atoms with van der Waals surface area (Å²) in [6.45, 7) is 4.29. The van der Waals surface area contributed by atoms with Crippen molar-refractivity contribution in [1.82, 2.24) is 9.80 Å². The van der Waals surface area contributed by atoms with Gasteiger partial charge >= 0.3 is 5.97 Å². The van der Waals surface area contributed by atoms with E-state index in [4.69, 9.17) is 9.47 Å². The summed E-state index contributed by atoms with van der Waals surface area (Å²) in [7, 11) is 3.59. The van der Waals surface area contributed by atoms with Gasteiger partial charge in [-0.25, -0.2) is 0 Å². The highest BCUT2D eigenvalue weighted by Gasteiger charge is 2.61. The van der Waals surface area contributed by atoms with Gasteiger partial charge in [-0.05, 0) is 96.8 Å². The van der Waals surface area contributed by atoms with Gasteiger partial charge in [0.05, 0.1) is 7.11 Å². The molecule has 0 N–H and O–H groups in total. The van der Waals surface area contributed by atoms with Crippen LogP contribution in [0.5, 0.6) is 5.75 Å². The van der Waals surface area contributed by atoms with Gasteiger partial charge in [0.25, 0.3) is 0 Å². The van der Waals surface area contributed by atoms with E-state index in [0.29, 0.717) is 0 Å². The Hall–Kier alpha value is -2.16. The maximum atomic E-state index is 13.3. The second-order valence-corrected chi connectivity index (χ2v) is 13.0. The predicted octanol–water partition coefficient (Wildman–Crippen LogP) is 5.90. The largest absolute Gasteiger partial charge is 0.497 e. The van der Waals surface area contributed by atoms with E-state index in [9.17, 15) is 9.59 Å².